The van der Waals surface area contributed by atoms with E-state index >= 15 is 0 Å². The normalized spacial score (nSPS) is 16.2. The Balaban J connectivity index is 1.81. The molecule has 1 aliphatic rings. The van der Waals surface area contributed by atoms with E-state index in [9.17, 15) is 4.39 Å². The van der Waals surface area contributed by atoms with Gasteiger partial charge in [-0.3, -0.25) is 0 Å². The number of fused-ring (bicyclic) bond motifs is 1. The number of halogens is 1. The molecular weight excluding hydrogens is 339 g/mol. The Kier molecular flexibility index (Phi) is 5.08. The lowest BCUT2D eigenvalue weighted by molar-refractivity contribution is 0.316. The first-order valence-electron chi connectivity index (χ1n) is 8.11. The van der Waals surface area contributed by atoms with Crippen LogP contribution in [0.2, 0.25) is 0 Å². The molecule has 3 rings (SSSR count). The second-order valence-electron chi connectivity index (χ2n) is 5.96. The van der Waals surface area contributed by atoms with Crippen molar-refractivity contribution in [2.24, 2.45) is 0 Å². The van der Waals surface area contributed by atoms with E-state index in [1.54, 1.807) is 26.4 Å². The summed E-state index contributed by atoms with van der Waals surface area (Å²) < 4.78 is 23.9. The van der Waals surface area contributed by atoms with Gasteiger partial charge < -0.3 is 19.7 Å². The SMILES string of the molecule is COc1cc2c(cc1OC)[C@H](C)N(C(=S)Nc1ccc(F)cc1)CC2. The maximum absolute atomic E-state index is 13.0. The lowest BCUT2D eigenvalue weighted by atomic mass is 9.93. The highest BCUT2D eigenvalue weighted by Gasteiger charge is 2.27. The lowest BCUT2D eigenvalue weighted by Crippen LogP contribution is -2.41. The number of thiocarbonyl (C=S) groups is 1. The predicted molar refractivity (Wildman–Crippen MR) is 101 cm³/mol. The molecule has 1 atom stereocenters. The Morgan fingerprint density at radius 3 is 2.44 bits per heavy atom. The maximum atomic E-state index is 13.0. The van der Waals surface area contributed by atoms with Gasteiger partial charge in [0.1, 0.15) is 5.82 Å². The molecule has 2 aromatic carbocycles. The van der Waals surface area contributed by atoms with E-state index in [-0.39, 0.29) is 11.9 Å². The molecule has 0 amide bonds. The molecule has 25 heavy (non-hydrogen) atoms. The minimum Gasteiger partial charge on any atom is -0.493 e. The second kappa shape index (κ2) is 7.27. The summed E-state index contributed by atoms with van der Waals surface area (Å²) in [6.07, 6.45) is 0.866. The monoisotopic (exact) mass is 360 g/mol. The molecule has 1 N–H and O–H groups in total. The summed E-state index contributed by atoms with van der Waals surface area (Å²) in [6, 6.07) is 10.3. The third kappa shape index (κ3) is 3.54. The van der Waals surface area contributed by atoms with Crippen LogP contribution in [0.4, 0.5) is 10.1 Å². The van der Waals surface area contributed by atoms with Crippen molar-refractivity contribution in [2.75, 3.05) is 26.1 Å². The first kappa shape index (κ1) is 17.5. The van der Waals surface area contributed by atoms with Gasteiger partial charge in [-0.05, 0) is 73.1 Å². The fourth-order valence-corrected chi connectivity index (χ4v) is 3.52. The van der Waals surface area contributed by atoms with Crippen molar-refractivity contribution in [3.05, 3.63) is 53.3 Å². The van der Waals surface area contributed by atoms with Crippen LogP contribution in [0.25, 0.3) is 0 Å². The van der Waals surface area contributed by atoms with E-state index < -0.39 is 0 Å². The van der Waals surface area contributed by atoms with E-state index in [1.165, 1.54) is 23.3 Å². The zero-order valence-electron chi connectivity index (χ0n) is 14.5. The molecule has 0 fully saturated rings. The summed E-state index contributed by atoms with van der Waals surface area (Å²) in [5.74, 6) is 1.19. The summed E-state index contributed by atoms with van der Waals surface area (Å²) in [5, 5.41) is 3.81. The predicted octanol–water partition coefficient (Wildman–Crippen LogP) is 4.16. The van der Waals surface area contributed by atoms with Gasteiger partial charge in [0.05, 0.1) is 20.3 Å². The molecule has 132 valence electrons. The summed E-state index contributed by atoms with van der Waals surface area (Å²) >= 11 is 5.57. The van der Waals surface area contributed by atoms with E-state index in [1.807, 2.05) is 12.1 Å². The highest BCUT2D eigenvalue weighted by Crippen LogP contribution is 2.38. The van der Waals surface area contributed by atoms with Crippen LogP contribution in [0.5, 0.6) is 11.5 Å². The molecule has 0 aliphatic carbocycles. The van der Waals surface area contributed by atoms with E-state index in [4.69, 9.17) is 21.7 Å². The highest BCUT2D eigenvalue weighted by molar-refractivity contribution is 7.80. The van der Waals surface area contributed by atoms with Gasteiger partial charge in [-0.25, -0.2) is 4.39 Å². The Bertz CT molecular complexity index is 780. The maximum Gasteiger partial charge on any atom is 0.173 e. The molecular formula is C19H21FN2O2S. The van der Waals surface area contributed by atoms with Crippen LogP contribution in [0, 0.1) is 5.82 Å². The molecule has 2 aromatic rings. The molecule has 0 radical (unpaired) electrons. The van der Waals surface area contributed by atoms with Gasteiger partial charge in [-0.1, -0.05) is 0 Å². The second-order valence-corrected chi connectivity index (χ2v) is 6.35. The zero-order valence-corrected chi connectivity index (χ0v) is 15.3. The smallest absolute Gasteiger partial charge is 0.173 e. The quantitative estimate of drug-likeness (QED) is 0.832. The van der Waals surface area contributed by atoms with Crippen LogP contribution < -0.4 is 14.8 Å². The Hall–Kier alpha value is -2.34. The van der Waals surface area contributed by atoms with Gasteiger partial charge in [0, 0.05) is 12.2 Å². The summed E-state index contributed by atoms with van der Waals surface area (Å²) in [4.78, 5) is 2.13. The van der Waals surface area contributed by atoms with E-state index in [0.29, 0.717) is 10.9 Å². The molecule has 0 unspecified atom stereocenters. The highest BCUT2D eigenvalue weighted by atomic mass is 32.1. The Morgan fingerprint density at radius 2 is 1.80 bits per heavy atom. The van der Waals surface area contributed by atoms with Crippen LogP contribution in [-0.4, -0.2) is 30.8 Å². The average Bonchev–Trinajstić information content (AvgIpc) is 2.62. The third-order valence-corrected chi connectivity index (χ3v) is 4.88. The van der Waals surface area contributed by atoms with Gasteiger partial charge in [-0.15, -0.1) is 0 Å². The number of nitrogens with one attached hydrogen (secondary N) is 1. The van der Waals surface area contributed by atoms with Gasteiger partial charge in [-0.2, -0.15) is 0 Å². The number of rotatable bonds is 3. The summed E-state index contributed by atoms with van der Waals surface area (Å²) in [6.45, 7) is 2.92. The fourth-order valence-electron chi connectivity index (χ4n) is 3.15. The lowest BCUT2D eigenvalue weighted by Gasteiger charge is -2.37. The molecule has 0 aromatic heterocycles. The van der Waals surface area contributed by atoms with Crippen molar-refractivity contribution in [2.45, 2.75) is 19.4 Å². The van der Waals surface area contributed by atoms with Crippen molar-refractivity contribution in [1.29, 1.82) is 0 Å². The van der Waals surface area contributed by atoms with Crippen molar-refractivity contribution in [1.82, 2.24) is 4.90 Å². The molecule has 0 bridgehead atoms. The topological polar surface area (TPSA) is 33.7 Å². The van der Waals surface area contributed by atoms with Crippen molar-refractivity contribution in [3.63, 3.8) is 0 Å². The van der Waals surface area contributed by atoms with Crippen molar-refractivity contribution < 1.29 is 13.9 Å². The Labute approximate surface area is 152 Å². The van der Waals surface area contributed by atoms with Crippen LogP contribution in [-0.2, 0) is 6.42 Å². The van der Waals surface area contributed by atoms with Crippen LogP contribution in [0.1, 0.15) is 24.1 Å². The molecule has 0 saturated carbocycles. The number of hydrogen-bond acceptors (Lipinski definition) is 3. The van der Waals surface area contributed by atoms with Crippen molar-refractivity contribution in [3.8, 4) is 11.5 Å². The number of hydrogen-bond donors (Lipinski definition) is 1. The molecule has 4 nitrogen and oxygen atoms in total. The van der Waals surface area contributed by atoms with Crippen molar-refractivity contribution >= 4 is 23.0 Å². The molecule has 1 heterocycles. The fraction of sp³-hybridized carbons (Fsp3) is 0.316. The first-order chi connectivity index (χ1) is 12.0. The minimum atomic E-state index is -0.266. The first-order valence-corrected chi connectivity index (χ1v) is 8.52. The van der Waals surface area contributed by atoms with Gasteiger partial charge in [0.15, 0.2) is 16.6 Å². The molecule has 0 saturated heterocycles. The summed E-state index contributed by atoms with van der Waals surface area (Å²) in [7, 11) is 3.28. The number of methoxy groups -OCH3 is 2. The summed E-state index contributed by atoms with van der Waals surface area (Å²) in [5.41, 5.74) is 3.19. The molecule has 0 spiro atoms. The van der Waals surface area contributed by atoms with Gasteiger partial charge in [0.2, 0.25) is 0 Å². The van der Waals surface area contributed by atoms with Crippen LogP contribution >= 0.6 is 12.2 Å². The number of benzene rings is 2. The van der Waals surface area contributed by atoms with Crippen LogP contribution in [0.15, 0.2) is 36.4 Å². The minimum absolute atomic E-state index is 0.101. The number of ether oxygens (including phenoxy) is 2. The largest absolute Gasteiger partial charge is 0.493 e. The standard InChI is InChI=1S/C19H21FN2O2S/c1-12-16-11-18(24-3)17(23-2)10-13(16)8-9-22(12)19(25)21-15-6-4-14(20)5-7-15/h4-7,10-12H,8-9H2,1-3H3,(H,21,25)/t12-/m0/s1. The molecule has 1 aliphatic heterocycles. The van der Waals surface area contributed by atoms with Gasteiger partial charge in [0.25, 0.3) is 0 Å². The van der Waals surface area contributed by atoms with E-state index in [0.717, 1.165) is 24.4 Å². The third-order valence-electron chi connectivity index (χ3n) is 4.54. The van der Waals surface area contributed by atoms with Crippen LogP contribution in [0.3, 0.4) is 0 Å². The number of anilines is 1. The Morgan fingerprint density at radius 1 is 1.16 bits per heavy atom. The molecule has 6 heteroatoms. The number of nitrogens with zero attached hydrogens (tertiary/aromatic N) is 1. The zero-order chi connectivity index (χ0) is 18.0. The van der Waals surface area contributed by atoms with E-state index in [2.05, 4.69) is 17.1 Å². The van der Waals surface area contributed by atoms with Gasteiger partial charge >= 0.3 is 0 Å². The average molecular weight is 360 g/mol.